The van der Waals surface area contributed by atoms with E-state index in [0.29, 0.717) is 18.0 Å². The van der Waals surface area contributed by atoms with Crippen LogP contribution in [0, 0.1) is 5.92 Å². The van der Waals surface area contributed by atoms with Crippen molar-refractivity contribution < 1.29 is 9.53 Å². The number of nitrogens with one attached hydrogen (secondary N) is 1. The summed E-state index contributed by atoms with van der Waals surface area (Å²) in [5.41, 5.74) is 5.95. The number of carbonyl (C=O) groups excluding carboxylic acids is 1. The van der Waals surface area contributed by atoms with Gasteiger partial charge in [0.1, 0.15) is 11.4 Å². The Bertz CT molecular complexity index is 350. The first-order valence-corrected chi connectivity index (χ1v) is 4.68. The summed E-state index contributed by atoms with van der Waals surface area (Å²) in [5.74, 6) is 0.223. The number of ether oxygens (including phenoxy) is 1. The van der Waals surface area contributed by atoms with Gasteiger partial charge >= 0.3 is 0 Å². The summed E-state index contributed by atoms with van der Waals surface area (Å²) in [6, 6.07) is 1.68. The molecule has 0 saturated carbocycles. The van der Waals surface area contributed by atoms with Crippen molar-refractivity contribution in [3.8, 4) is 5.75 Å². The van der Waals surface area contributed by atoms with E-state index in [-0.39, 0.29) is 36.6 Å². The Morgan fingerprint density at radius 3 is 2.76 bits per heavy atom. The zero-order chi connectivity index (χ0) is 11.3. The molecule has 0 fully saturated rings. The molecule has 1 aromatic rings. The van der Waals surface area contributed by atoms with Gasteiger partial charge in [-0.3, -0.25) is 9.78 Å². The van der Waals surface area contributed by atoms with Gasteiger partial charge in [-0.2, -0.15) is 0 Å². The summed E-state index contributed by atoms with van der Waals surface area (Å²) in [4.78, 5) is 15.4. The van der Waals surface area contributed by atoms with Crippen molar-refractivity contribution >= 4 is 36.4 Å². The van der Waals surface area contributed by atoms with E-state index in [0.717, 1.165) is 0 Å². The number of carbonyl (C=O) groups is 1. The number of halogens is 2. The van der Waals surface area contributed by atoms with Gasteiger partial charge in [0, 0.05) is 24.7 Å². The lowest BCUT2D eigenvalue weighted by molar-refractivity contribution is -0.119. The average Bonchev–Trinajstić information content (AvgIpc) is 2.28. The molecule has 1 heterocycles. The van der Waals surface area contributed by atoms with Gasteiger partial charge < -0.3 is 15.8 Å². The maximum Gasteiger partial charge on any atom is 0.228 e. The van der Waals surface area contributed by atoms with E-state index in [1.54, 1.807) is 25.4 Å². The number of aromatic nitrogens is 1. The van der Waals surface area contributed by atoms with Crippen molar-refractivity contribution in [1.82, 2.24) is 4.98 Å². The molecule has 1 amide bonds. The fraction of sp³-hybridized carbons (Fsp3) is 0.400. The summed E-state index contributed by atoms with van der Waals surface area (Å²) in [6.45, 7) is 2.08. The molecular weight excluding hydrogens is 265 g/mol. The molecule has 1 atom stereocenters. The Hall–Kier alpha value is -1.04. The van der Waals surface area contributed by atoms with E-state index in [1.165, 1.54) is 7.11 Å². The van der Waals surface area contributed by atoms with Crippen LogP contribution in [0.5, 0.6) is 5.75 Å². The number of amides is 1. The minimum atomic E-state index is -0.227. The molecule has 17 heavy (non-hydrogen) atoms. The Morgan fingerprint density at radius 1 is 1.59 bits per heavy atom. The van der Waals surface area contributed by atoms with Gasteiger partial charge in [0.2, 0.25) is 5.91 Å². The lowest BCUT2D eigenvalue weighted by Crippen LogP contribution is -2.26. The molecule has 3 N–H and O–H groups in total. The van der Waals surface area contributed by atoms with Crippen LogP contribution in [0.1, 0.15) is 6.92 Å². The summed E-state index contributed by atoms with van der Waals surface area (Å²) >= 11 is 0. The van der Waals surface area contributed by atoms with E-state index in [1.807, 2.05) is 0 Å². The first-order valence-electron chi connectivity index (χ1n) is 4.68. The van der Waals surface area contributed by atoms with Gasteiger partial charge in [-0.15, -0.1) is 24.8 Å². The van der Waals surface area contributed by atoms with E-state index in [4.69, 9.17) is 10.5 Å². The van der Waals surface area contributed by atoms with Crippen LogP contribution in [0.15, 0.2) is 18.5 Å². The summed E-state index contributed by atoms with van der Waals surface area (Å²) < 4.78 is 5.07. The lowest BCUT2D eigenvalue weighted by atomic mass is 10.1. The van der Waals surface area contributed by atoms with Crippen LogP contribution in [0.2, 0.25) is 0 Å². The van der Waals surface area contributed by atoms with Crippen LogP contribution in [-0.2, 0) is 4.79 Å². The van der Waals surface area contributed by atoms with Crippen molar-refractivity contribution in [2.24, 2.45) is 11.7 Å². The maximum atomic E-state index is 11.5. The van der Waals surface area contributed by atoms with Gasteiger partial charge in [0.15, 0.2) is 0 Å². The third-order valence-electron chi connectivity index (χ3n) is 2.06. The number of rotatable bonds is 4. The zero-order valence-electron chi connectivity index (χ0n) is 9.67. The molecule has 1 aromatic heterocycles. The Morgan fingerprint density at radius 2 is 2.24 bits per heavy atom. The molecule has 98 valence electrons. The number of nitrogens with two attached hydrogens (primary N) is 1. The molecule has 0 radical (unpaired) electrons. The van der Waals surface area contributed by atoms with Crippen LogP contribution in [-0.4, -0.2) is 24.5 Å². The van der Waals surface area contributed by atoms with Gasteiger partial charge in [0.25, 0.3) is 0 Å². The number of nitrogens with zero attached hydrogens (tertiary/aromatic N) is 1. The Labute approximate surface area is 113 Å². The SMILES string of the molecule is COc1ccncc1NC(=O)C(C)CN.Cl.Cl. The Kier molecular flexibility index (Phi) is 9.74. The summed E-state index contributed by atoms with van der Waals surface area (Å²) in [6.07, 6.45) is 3.14. The van der Waals surface area contributed by atoms with Crippen LogP contribution >= 0.6 is 24.8 Å². The van der Waals surface area contributed by atoms with Crippen molar-refractivity contribution in [3.05, 3.63) is 18.5 Å². The average molecular weight is 282 g/mol. The number of hydrogen-bond donors (Lipinski definition) is 2. The third kappa shape index (κ3) is 5.21. The van der Waals surface area contributed by atoms with Crippen LogP contribution in [0.4, 0.5) is 5.69 Å². The zero-order valence-corrected chi connectivity index (χ0v) is 11.3. The molecule has 0 aliphatic rings. The van der Waals surface area contributed by atoms with E-state index in [9.17, 15) is 4.79 Å². The molecule has 1 rings (SSSR count). The van der Waals surface area contributed by atoms with Crippen molar-refractivity contribution in [2.45, 2.75) is 6.92 Å². The van der Waals surface area contributed by atoms with Crippen LogP contribution in [0.3, 0.4) is 0 Å². The first-order chi connectivity index (χ1) is 7.19. The summed E-state index contributed by atoms with van der Waals surface area (Å²) in [7, 11) is 1.54. The van der Waals surface area contributed by atoms with E-state index >= 15 is 0 Å². The van der Waals surface area contributed by atoms with Gasteiger partial charge in [-0.25, -0.2) is 0 Å². The largest absolute Gasteiger partial charge is 0.494 e. The van der Waals surface area contributed by atoms with Gasteiger partial charge in [-0.05, 0) is 0 Å². The molecule has 0 spiro atoms. The number of methoxy groups -OCH3 is 1. The minimum Gasteiger partial charge on any atom is -0.494 e. The highest BCUT2D eigenvalue weighted by Crippen LogP contribution is 2.22. The fourth-order valence-corrected chi connectivity index (χ4v) is 1.02. The van der Waals surface area contributed by atoms with E-state index in [2.05, 4.69) is 10.3 Å². The second-order valence-corrected chi connectivity index (χ2v) is 3.20. The molecule has 0 bridgehead atoms. The predicted octanol–water partition coefficient (Wildman–Crippen LogP) is 1.47. The first kappa shape index (κ1) is 18.3. The molecule has 0 aliphatic carbocycles. The van der Waals surface area contributed by atoms with Crippen molar-refractivity contribution in [1.29, 1.82) is 0 Å². The minimum absolute atomic E-state index is 0. The lowest BCUT2D eigenvalue weighted by Gasteiger charge is -2.12. The standard InChI is InChI=1S/C10H15N3O2.2ClH/c1-7(5-11)10(14)13-8-6-12-4-3-9(8)15-2;;/h3-4,6-7H,5,11H2,1-2H3,(H,13,14);2*1H. The van der Waals surface area contributed by atoms with Gasteiger partial charge in [0.05, 0.1) is 13.3 Å². The van der Waals surface area contributed by atoms with Crippen molar-refractivity contribution in [2.75, 3.05) is 19.0 Å². The molecule has 5 nitrogen and oxygen atoms in total. The monoisotopic (exact) mass is 281 g/mol. The molecule has 7 heteroatoms. The molecular formula is C10H17Cl2N3O2. The highest BCUT2D eigenvalue weighted by atomic mass is 35.5. The second kappa shape index (κ2) is 9.04. The molecule has 0 saturated heterocycles. The molecule has 1 unspecified atom stereocenters. The highest BCUT2D eigenvalue weighted by molar-refractivity contribution is 5.93. The normalized spacial score (nSPS) is 10.5. The van der Waals surface area contributed by atoms with Crippen molar-refractivity contribution in [3.63, 3.8) is 0 Å². The smallest absolute Gasteiger partial charge is 0.228 e. The third-order valence-corrected chi connectivity index (χ3v) is 2.06. The van der Waals surface area contributed by atoms with Crippen LogP contribution in [0.25, 0.3) is 0 Å². The predicted molar refractivity (Wildman–Crippen MR) is 72.1 cm³/mol. The summed E-state index contributed by atoms with van der Waals surface area (Å²) in [5, 5.41) is 2.71. The highest BCUT2D eigenvalue weighted by Gasteiger charge is 2.12. The molecule has 0 aromatic carbocycles. The van der Waals surface area contributed by atoms with Crippen LogP contribution < -0.4 is 15.8 Å². The second-order valence-electron chi connectivity index (χ2n) is 3.20. The topological polar surface area (TPSA) is 77.2 Å². The number of anilines is 1. The quantitative estimate of drug-likeness (QED) is 0.876. The fourth-order valence-electron chi connectivity index (χ4n) is 1.02. The number of pyridine rings is 1. The molecule has 0 aliphatic heterocycles. The maximum absolute atomic E-state index is 11.5. The van der Waals surface area contributed by atoms with Gasteiger partial charge in [-0.1, -0.05) is 6.92 Å². The Balaban J connectivity index is 0. The van der Waals surface area contributed by atoms with E-state index < -0.39 is 0 Å². The number of hydrogen-bond acceptors (Lipinski definition) is 4.